The third kappa shape index (κ3) is 5.54. The van der Waals surface area contributed by atoms with Crippen molar-refractivity contribution in [2.24, 2.45) is 0 Å². The predicted octanol–water partition coefficient (Wildman–Crippen LogP) is 6.09. The van der Waals surface area contributed by atoms with Gasteiger partial charge < -0.3 is 15.5 Å². The first-order valence-corrected chi connectivity index (χ1v) is 11.5. The number of nitrogens with one attached hydrogen (secondary N) is 2. The number of anilines is 4. The van der Waals surface area contributed by atoms with Gasteiger partial charge in [-0.25, -0.2) is 15.0 Å². The van der Waals surface area contributed by atoms with Crippen LogP contribution in [0.1, 0.15) is 23.5 Å². The van der Waals surface area contributed by atoms with Gasteiger partial charge in [-0.05, 0) is 43.3 Å². The topological polar surface area (TPSA) is 95.9 Å². The number of aryl methyl sites for hydroxylation is 1. The highest BCUT2D eigenvalue weighted by Gasteiger charge is 2.14. The maximum Gasteiger partial charge on any atom is 0.259 e. The van der Waals surface area contributed by atoms with Crippen LogP contribution in [0.3, 0.4) is 0 Å². The van der Waals surface area contributed by atoms with Crippen LogP contribution >= 0.6 is 0 Å². The molecule has 2 heterocycles. The van der Waals surface area contributed by atoms with Gasteiger partial charge in [-0.15, -0.1) is 0 Å². The van der Waals surface area contributed by atoms with Crippen LogP contribution in [-0.2, 0) is 0 Å². The van der Waals surface area contributed by atoms with E-state index in [0.717, 1.165) is 28.0 Å². The standard InChI is InChI=1S/C28H25N7O.CH4/c1-18-23(17-29-25(30-18)19-9-5-4-6-10-19)27(36)31-20-13-15-21(16-14-20)32-28-33-24-12-8-7-11-22(24)26(34-28)35(2)3;/h4-17H,1-3H3,(H,31,36)(H,32,33,34);1H4. The number of amides is 1. The van der Waals surface area contributed by atoms with Crippen molar-refractivity contribution in [3.63, 3.8) is 0 Å². The molecule has 2 aromatic heterocycles. The van der Waals surface area contributed by atoms with Crippen molar-refractivity contribution < 1.29 is 4.79 Å². The normalized spacial score (nSPS) is 10.5. The molecule has 37 heavy (non-hydrogen) atoms. The number of hydrogen-bond acceptors (Lipinski definition) is 7. The summed E-state index contributed by atoms with van der Waals surface area (Å²) in [6.45, 7) is 1.81. The Bertz CT molecular complexity index is 1530. The minimum absolute atomic E-state index is 0. The molecule has 5 aromatic rings. The Morgan fingerprint density at radius 1 is 0.811 bits per heavy atom. The van der Waals surface area contributed by atoms with E-state index in [9.17, 15) is 4.79 Å². The van der Waals surface area contributed by atoms with Gasteiger partial charge in [-0.1, -0.05) is 49.9 Å². The minimum atomic E-state index is -0.263. The van der Waals surface area contributed by atoms with E-state index in [1.54, 1.807) is 6.20 Å². The Morgan fingerprint density at radius 2 is 1.49 bits per heavy atom. The number of hydrogen-bond donors (Lipinski definition) is 2. The van der Waals surface area contributed by atoms with E-state index in [1.807, 2.05) is 105 Å². The van der Waals surface area contributed by atoms with Crippen molar-refractivity contribution in [2.45, 2.75) is 14.4 Å². The summed E-state index contributed by atoms with van der Waals surface area (Å²) in [6, 6.07) is 25.0. The van der Waals surface area contributed by atoms with Gasteiger partial charge in [-0.2, -0.15) is 4.98 Å². The Hall–Kier alpha value is -4.85. The number of rotatable bonds is 6. The fourth-order valence-electron chi connectivity index (χ4n) is 3.84. The highest BCUT2D eigenvalue weighted by Crippen LogP contribution is 2.26. The second-order valence-corrected chi connectivity index (χ2v) is 8.50. The third-order valence-electron chi connectivity index (χ3n) is 5.66. The van der Waals surface area contributed by atoms with Crippen molar-refractivity contribution in [3.05, 3.63) is 96.3 Å². The average molecular weight is 492 g/mol. The molecule has 186 valence electrons. The van der Waals surface area contributed by atoms with Gasteiger partial charge in [-0.3, -0.25) is 4.79 Å². The summed E-state index contributed by atoms with van der Waals surface area (Å²) in [5.74, 6) is 1.66. The zero-order valence-electron chi connectivity index (χ0n) is 20.2. The van der Waals surface area contributed by atoms with Gasteiger partial charge >= 0.3 is 0 Å². The number of carbonyl (C=O) groups excluding carboxylic acids is 1. The van der Waals surface area contributed by atoms with E-state index in [1.165, 1.54) is 0 Å². The molecule has 0 aliphatic heterocycles. The van der Waals surface area contributed by atoms with E-state index in [-0.39, 0.29) is 13.3 Å². The Kier molecular flexibility index (Phi) is 7.39. The van der Waals surface area contributed by atoms with Crippen LogP contribution in [0, 0.1) is 6.92 Å². The van der Waals surface area contributed by atoms with E-state index in [0.29, 0.717) is 28.7 Å². The summed E-state index contributed by atoms with van der Waals surface area (Å²) in [6.07, 6.45) is 1.56. The number of fused-ring (bicyclic) bond motifs is 1. The lowest BCUT2D eigenvalue weighted by atomic mass is 10.1. The largest absolute Gasteiger partial charge is 0.362 e. The molecule has 0 fully saturated rings. The lowest BCUT2D eigenvalue weighted by molar-refractivity contribution is 0.102. The zero-order valence-corrected chi connectivity index (χ0v) is 20.2. The second-order valence-electron chi connectivity index (χ2n) is 8.50. The number of para-hydroxylation sites is 1. The molecule has 0 aliphatic carbocycles. The smallest absolute Gasteiger partial charge is 0.259 e. The fourth-order valence-corrected chi connectivity index (χ4v) is 3.84. The molecule has 8 nitrogen and oxygen atoms in total. The number of carbonyl (C=O) groups is 1. The minimum Gasteiger partial charge on any atom is -0.362 e. The van der Waals surface area contributed by atoms with Crippen molar-refractivity contribution in [1.29, 1.82) is 0 Å². The predicted molar refractivity (Wildman–Crippen MR) is 150 cm³/mol. The SMILES string of the molecule is C.Cc1nc(-c2ccccc2)ncc1C(=O)Nc1ccc(Nc2nc(N(C)C)c3ccccc3n2)cc1. The average Bonchev–Trinajstić information content (AvgIpc) is 2.89. The fraction of sp³-hybridized carbons (Fsp3) is 0.138. The number of aromatic nitrogens is 4. The van der Waals surface area contributed by atoms with Gasteiger partial charge in [0.2, 0.25) is 5.95 Å². The van der Waals surface area contributed by atoms with Crippen molar-refractivity contribution >= 4 is 40.0 Å². The summed E-state index contributed by atoms with van der Waals surface area (Å²) in [7, 11) is 3.91. The maximum atomic E-state index is 12.9. The molecule has 5 rings (SSSR count). The van der Waals surface area contributed by atoms with Crippen molar-refractivity contribution in [1.82, 2.24) is 19.9 Å². The lowest BCUT2D eigenvalue weighted by Crippen LogP contribution is -2.15. The van der Waals surface area contributed by atoms with Gasteiger partial charge in [0.05, 0.1) is 16.8 Å². The molecule has 0 radical (unpaired) electrons. The first-order valence-electron chi connectivity index (χ1n) is 11.5. The molecule has 3 aromatic carbocycles. The molecular weight excluding hydrogens is 462 g/mol. The summed E-state index contributed by atoms with van der Waals surface area (Å²) in [5, 5.41) is 7.15. The summed E-state index contributed by atoms with van der Waals surface area (Å²) in [5.41, 5.74) is 4.27. The van der Waals surface area contributed by atoms with E-state index >= 15 is 0 Å². The molecular formula is C29H29N7O. The maximum absolute atomic E-state index is 12.9. The lowest BCUT2D eigenvalue weighted by Gasteiger charge is -2.16. The van der Waals surface area contributed by atoms with Crippen LogP contribution in [0.25, 0.3) is 22.3 Å². The van der Waals surface area contributed by atoms with Crippen LogP contribution in [0.15, 0.2) is 85.1 Å². The highest BCUT2D eigenvalue weighted by molar-refractivity contribution is 6.05. The molecule has 0 unspecified atom stereocenters. The molecule has 8 heteroatoms. The van der Waals surface area contributed by atoms with Gasteiger partial charge in [0.15, 0.2) is 5.82 Å². The third-order valence-corrected chi connectivity index (χ3v) is 5.66. The summed E-state index contributed by atoms with van der Waals surface area (Å²) >= 11 is 0. The molecule has 0 saturated carbocycles. The summed E-state index contributed by atoms with van der Waals surface area (Å²) in [4.78, 5) is 33.0. The van der Waals surface area contributed by atoms with Crippen molar-refractivity contribution in [3.8, 4) is 11.4 Å². The van der Waals surface area contributed by atoms with Crippen LogP contribution < -0.4 is 15.5 Å². The quantitative estimate of drug-likeness (QED) is 0.297. The van der Waals surface area contributed by atoms with E-state index in [4.69, 9.17) is 0 Å². The van der Waals surface area contributed by atoms with Crippen LogP contribution in [0.5, 0.6) is 0 Å². The molecule has 1 amide bonds. The Balaban J connectivity index is 0.00000320. The Morgan fingerprint density at radius 3 is 2.19 bits per heavy atom. The van der Waals surface area contributed by atoms with E-state index < -0.39 is 0 Å². The summed E-state index contributed by atoms with van der Waals surface area (Å²) < 4.78 is 0. The number of benzene rings is 3. The molecule has 2 N–H and O–H groups in total. The molecule has 0 bridgehead atoms. The highest BCUT2D eigenvalue weighted by atomic mass is 16.1. The zero-order chi connectivity index (χ0) is 25.1. The Labute approximate surface area is 216 Å². The van der Waals surface area contributed by atoms with Crippen LogP contribution in [0.2, 0.25) is 0 Å². The first kappa shape index (κ1) is 25.2. The first-order chi connectivity index (χ1) is 17.5. The van der Waals surface area contributed by atoms with Gasteiger partial charge in [0, 0.05) is 42.6 Å². The van der Waals surface area contributed by atoms with Gasteiger partial charge in [0.25, 0.3) is 5.91 Å². The molecule has 0 spiro atoms. The van der Waals surface area contributed by atoms with Crippen molar-refractivity contribution in [2.75, 3.05) is 29.6 Å². The number of nitrogens with zero attached hydrogens (tertiary/aromatic N) is 5. The van der Waals surface area contributed by atoms with Gasteiger partial charge in [0.1, 0.15) is 5.82 Å². The van der Waals surface area contributed by atoms with Crippen LogP contribution in [0.4, 0.5) is 23.1 Å². The molecule has 0 aliphatic rings. The molecule has 0 atom stereocenters. The monoisotopic (exact) mass is 491 g/mol. The van der Waals surface area contributed by atoms with Crippen LogP contribution in [-0.4, -0.2) is 39.9 Å². The van der Waals surface area contributed by atoms with E-state index in [2.05, 4.69) is 30.6 Å². The molecule has 0 saturated heterocycles. The second kappa shape index (κ2) is 10.8.